The molecule has 3 nitrogen and oxygen atoms in total. The second-order valence-corrected chi connectivity index (χ2v) is 5.29. The number of rotatable bonds is 2. The molecule has 2 aromatic rings. The quantitative estimate of drug-likeness (QED) is 0.881. The summed E-state index contributed by atoms with van der Waals surface area (Å²) in [4.78, 5) is 15.0. The molecule has 0 saturated carbocycles. The van der Waals surface area contributed by atoms with Gasteiger partial charge >= 0.3 is 0 Å². The summed E-state index contributed by atoms with van der Waals surface area (Å²) in [5.41, 5.74) is 1.41. The van der Waals surface area contributed by atoms with Crippen molar-refractivity contribution >= 4 is 10.9 Å². The number of aromatic amines is 1. The van der Waals surface area contributed by atoms with Gasteiger partial charge in [-0.2, -0.15) is 0 Å². The first-order valence-corrected chi connectivity index (χ1v) is 6.46. The second-order valence-electron chi connectivity index (χ2n) is 5.29. The Bertz CT molecular complexity index is 659. The molecule has 0 bridgehead atoms. The van der Waals surface area contributed by atoms with Crippen molar-refractivity contribution in [2.24, 2.45) is 0 Å². The van der Waals surface area contributed by atoms with Crippen LogP contribution in [0.1, 0.15) is 32.3 Å². The lowest BCUT2D eigenvalue weighted by molar-refractivity contribution is 0.106. The minimum Gasteiger partial charge on any atom is -0.486 e. The van der Waals surface area contributed by atoms with Crippen LogP contribution in [0.4, 0.5) is 0 Å². The summed E-state index contributed by atoms with van der Waals surface area (Å²) in [7, 11) is 0. The minimum absolute atomic E-state index is 0.0106. The highest BCUT2D eigenvalue weighted by Gasteiger charge is 2.36. The molecule has 94 valence electrons. The number of fused-ring (bicyclic) bond motifs is 3. The van der Waals surface area contributed by atoms with Crippen molar-refractivity contribution in [2.45, 2.75) is 38.7 Å². The third-order valence-electron chi connectivity index (χ3n) is 3.65. The number of pyridine rings is 1. The van der Waals surface area contributed by atoms with Crippen LogP contribution in [0.5, 0.6) is 5.75 Å². The molecular weight excluding hydrogens is 226 g/mol. The molecule has 1 N–H and O–H groups in total. The summed E-state index contributed by atoms with van der Waals surface area (Å²) in [5.74, 6) is 0.783. The fraction of sp³-hybridized carbons (Fsp3) is 0.400. The van der Waals surface area contributed by atoms with Gasteiger partial charge in [0.05, 0.1) is 11.1 Å². The smallest absolute Gasteiger partial charge is 0.255 e. The lowest BCUT2D eigenvalue weighted by Gasteiger charge is -2.23. The fourth-order valence-electron chi connectivity index (χ4n) is 2.86. The molecule has 0 aliphatic carbocycles. The fourth-order valence-corrected chi connectivity index (χ4v) is 2.86. The van der Waals surface area contributed by atoms with Gasteiger partial charge in [0, 0.05) is 11.8 Å². The van der Waals surface area contributed by atoms with E-state index in [4.69, 9.17) is 4.74 Å². The molecule has 0 spiro atoms. The molecule has 1 aliphatic rings. The Kier molecular flexibility index (Phi) is 2.44. The number of para-hydroxylation sites is 1. The molecule has 1 aromatic carbocycles. The van der Waals surface area contributed by atoms with Crippen LogP contribution in [0.3, 0.4) is 0 Å². The van der Waals surface area contributed by atoms with Crippen LogP contribution in [0.25, 0.3) is 10.9 Å². The average molecular weight is 243 g/mol. The van der Waals surface area contributed by atoms with Gasteiger partial charge < -0.3 is 9.72 Å². The Morgan fingerprint density at radius 3 is 2.94 bits per heavy atom. The first kappa shape index (κ1) is 11.3. The van der Waals surface area contributed by atoms with E-state index in [-0.39, 0.29) is 11.2 Å². The minimum atomic E-state index is -0.228. The zero-order valence-corrected chi connectivity index (χ0v) is 10.7. The van der Waals surface area contributed by atoms with E-state index < -0.39 is 0 Å². The van der Waals surface area contributed by atoms with Crippen LogP contribution in [0, 0.1) is 0 Å². The van der Waals surface area contributed by atoms with Gasteiger partial charge in [0.2, 0.25) is 0 Å². The van der Waals surface area contributed by atoms with Gasteiger partial charge in [-0.15, -0.1) is 0 Å². The lowest BCUT2D eigenvalue weighted by atomic mass is 9.95. The highest BCUT2D eigenvalue weighted by molar-refractivity contribution is 5.86. The predicted molar refractivity (Wildman–Crippen MR) is 72.2 cm³/mol. The molecule has 0 amide bonds. The Balaban J connectivity index is 2.21. The first-order chi connectivity index (χ1) is 8.63. The zero-order chi connectivity index (χ0) is 12.8. The van der Waals surface area contributed by atoms with Gasteiger partial charge in [-0.25, -0.2) is 0 Å². The molecule has 0 saturated heterocycles. The van der Waals surface area contributed by atoms with Crippen molar-refractivity contribution in [2.75, 3.05) is 0 Å². The standard InChI is InChI=1S/C15H17NO2/c1-3-8-15(2)9-11-13(18-15)10-6-4-5-7-12(10)16-14(11)17/h4-7H,3,8-9H2,1-2H3,(H,16,17). The number of hydrogen-bond donors (Lipinski definition) is 1. The molecule has 1 unspecified atom stereocenters. The third kappa shape index (κ3) is 1.62. The van der Waals surface area contributed by atoms with Crippen LogP contribution in [-0.2, 0) is 6.42 Å². The van der Waals surface area contributed by atoms with Gasteiger partial charge in [-0.3, -0.25) is 4.79 Å². The Labute approximate surface area is 106 Å². The van der Waals surface area contributed by atoms with Gasteiger partial charge in [-0.1, -0.05) is 25.5 Å². The molecule has 3 heteroatoms. The average Bonchev–Trinajstić information content (AvgIpc) is 2.68. The van der Waals surface area contributed by atoms with Crippen LogP contribution < -0.4 is 10.3 Å². The van der Waals surface area contributed by atoms with E-state index in [2.05, 4.69) is 18.8 Å². The van der Waals surface area contributed by atoms with E-state index in [1.807, 2.05) is 24.3 Å². The summed E-state index contributed by atoms with van der Waals surface area (Å²) < 4.78 is 6.11. The summed E-state index contributed by atoms with van der Waals surface area (Å²) in [6, 6.07) is 7.81. The van der Waals surface area contributed by atoms with Crippen molar-refractivity contribution in [1.82, 2.24) is 4.98 Å². The number of benzene rings is 1. The van der Waals surface area contributed by atoms with Crippen LogP contribution in [0.15, 0.2) is 29.1 Å². The van der Waals surface area contributed by atoms with Crippen LogP contribution in [-0.4, -0.2) is 10.6 Å². The Morgan fingerprint density at radius 1 is 1.39 bits per heavy atom. The molecule has 0 radical (unpaired) electrons. The van der Waals surface area contributed by atoms with E-state index in [0.29, 0.717) is 6.42 Å². The number of H-pyrrole nitrogens is 1. The summed E-state index contributed by atoms with van der Waals surface area (Å²) >= 11 is 0. The van der Waals surface area contributed by atoms with Gasteiger partial charge in [0.25, 0.3) is 5.56 Å². The molecule has 1 aromatic heterocycles. The lowest BCUT2D eigenvalue weighted by Crippen LogP contribution is -2.30. The molecule has 1 atom stereocenters. The second kappa shape index (κ2) is 3.87. The summed E-state index contributed by atoms with van der Waals surface area (Å²) in [6.07, 6.45) is 2.73. The Hall–Kier alpha value is -1.77. The normalized spacial score (nSPS) is 21.9. The van der Waals surface area contributed by atoms with Crippen molar-refractivity contribution < 1.29 is 4.74 Å². The first-order valence-electron chi connectivity index (χ1n) is 6.46. The Morgan fingerprint density at radius 2 is 2.17 bits per heavy atom. The highest BCUT2D eigenvalue weighted by Crippen LogP contribution is 2.39. The largest absolute Gasteiger partial charge is 0.486 e. The van der Waals surface area contributed by atoms with E-state index in [1.54, 1.807) is 0 Å². The maximum atomic E-state index is 12.1. The zero-order valence-electron chi connectivity index (χ0n) is 10.7. The molecule has 2 heterocycles. The van der Waals surface area contributed by atoms with E-state index in [9.17, 15) is 4.79 Å². The van der Waals surface area contributed by atoms with Crippen molar-refractivity contribution in [3.63, 3.8) is 0 Å². The third-order valence-corrected chi connectivity index (χ3v) is 3.65. The van der Waals surface area contributed by atoms with E-state index in [0.717, 1.165) is 35.1 Å². The monoisotopic (exact) mass is 243 g/mol. The molecular formula is C15H17NO2. The van der Waals surface area contributed by atoms with Gasteiger partial charge in [-0.05, 0) is 25.5 Å². The molecule has 0 fully saturated rings. The van der Waals surface area contributed by atoms with Crippen molar-refractivity contribution in [3.05, 3.63) is 40.2 Å². The summed E-state index contributed by atoms with van der Waals surface area (Å²) in [5, 5.41) is 1.01. The van der Waals surface area contributed by atoms with Gasteiger partial charge in [0.15, 0.2) is 0 Å². The van der Waals surface area contributed by atoms with Crippen molar-refractivity contribution in [1.29, 1.82) is 0 Å². The molecule has 3 rings (SSSR count). The van der Waals surface area contributed by atoms with Crippen LogP contribution >= 0.6 is 0 Å². The van der Waals surface area contributed by atoms with Gasteiger partial charge in [0.1, 0.15) is 11.4 Å². The maximum Gasteiger partial charge on any atom is 0.255 e. The molecule has 1 aliphatic heterocycles. The highest BCUT2D eigenvalue weighted by atomic mass is 16.5. The number of ether oxygens (including phenoxy) is 1. The topological polar surface area (TPSA) is 42.1 Å². The number of nitrogens with one attached hydrogen (secondary N) is 1. The predicted octanol–water partition coefficient (Wildman–Crippen LogP) is 3.02. The SMILES string of the molecule is CCCC1(C)Cc2c(c3ccccc3[nH]c2=O)O1. The summed E-state index contributed by atoms with van der Waals surface area (Å²) in [6.45, 7) is 4.23. The van der Waals surface area contributed by atoms with E-state index >= 15 is 0 Å². The number of hydrogen-bond acceptors (Lipinski definition) is 2. The number of aromatic nitrogens is 1. The van der Waals surface area contributed by atoms with Crippen molar-refractivity contribution in [3.8, 4) is 5.75 Å². The van der Waals surface area contributed by atoms with E-state index in [1.165, 1.54) is 0 Å². The van der Waals surface area contributed by atoms with Crippen LogP contribution in [0.2, 0.25) is 0 Å². The maximum absolute atomic E-state index is 12.1. The molecule has 18 heavy (non-hydrogen) atoms.